The second-order valence-corrected chi connectivity index (χ2v) is 4.01. The maximum Gasteiger partial charge on any atom is 0.141 e. The van der Waals surface area contributed by atoms with Crippen molar-refractivity contribution in [3.05, 3.63) is 42.5 Å². The summed E-state index contributed by atoms with van der Waals surface area (Å²) in [6.07, 6.45) is 4.87. The molecule has 0 aliphatic heterocycles. The molecule has 4 heteroatoms. The Labute approximate surface area is 108 Å². The molecule has 1 atom stereocenters. The lowest BCUT2D eigenvalue weighted by Crippen LogP contribution is -2.25. The van der Waals surface area contributed by atoms with Crippen molar-refractivity contribution in [3.63, 3.8) is 0 Å². The summed E-state index contributed by atoms with van der Waals surface area (Å²) >= 11 is 0. The van der Waals surface area contributed by atoms with Crippen molar-refractivity contribution in [2.45, 2.75) is 25.8 Å². The second-order valence-electron chi connectivity index (χ2n) is 4.01. The standard InChI is InChI=1S/C14H21FN2O/c1-3-5-9-18-10-8-16-13(4-2)14-7-6-12(15)11-17-14/h3,6-7,11,13,16H,1,4-5,8-10H2,2H3. The number of pyridine rings is 1. The maximum atomic E-state index is 12.8. The molecule has 0 aromatic carbocycles. The second kappa shape index (κ2) is 8.78. The molecule has 0 amide bonds. The lowest BCUT2D eigenvalue weighted by Gasteiger charge is -2.16. The first kappa shape index (κ1) is 14.8. The van der Waals surface area contributed by atoms with E-state index < -0.39 is 0 Å². The molecule has 1 rings (SSSR count). The van der Waals surface area contributed by atoms with E-state index in [1.54, 1.807) is 6.07 Å². The van der Waals surface area contributed by atoms with Crippen molar-refractivity contribution in [1.82, 2.24) is 10.3 Å². The van der Waals surface area contributed by atoms with Crippen LogP contribution in [0.2, 0.25) is 0 Å². The molecular formula is C14H21FN2O. The minimum absolute atomic E-state index is 0.147. The van der Waals surface area contributed by atoms with Crippen LogP contribution in [0.25, 0.3) is 0 Å². The Morgan fingerprint density at radius 3 is 2.94 bits per heavy atom. The number of halogens is 1. The van der Waals surface area contributed by atoms with E-state index in [0.29, 0.717) is 13.2 Å². The van der Waals surface area contributed by atoms with Crippen LogP contribution in [-0.2, 0) is 4.74 Å². The molecule has 0 spiro atoms. The number of nitrogens with one attached hydrogen (secondary N) is 1. The number of ether oxygens (including phenoxy) is 1. The zero-order chi connectivity index (χ0) is 13.2. The van der Waals surface area contributed by atoms with Gasteiger partial charge in [-0.3, -0.25) is 4.98 Å². The number of nitrogens with zero attached hydrogens (tertiary/aromatic N) is 1. The third-order valence-electron chi connectivity index (χ3n) is 2.62. The highest BCUT2D eigenvalue weighted by molar-refractivity contribution is 5.09. The lowest BCUT2D eigenvalue weighted by atomic mass is 10.1. The van der Waals surface area contributed by atoms with Crippen LogP contribution in [0.1, 0.15) is 31.5 Å². The summed E-state index contributed by atoms with van der Waals surface area (Å²) in [5, 5.41) is 3.35. The van der Waals surface area contributed by atoms with Gasteiger partial charge in [0.1, 0.15) is 5.82 Å². The molecule has 0 bridgehead atoms. The van der Waals surface area contributed by atoms with Gasteiger partial charge < -0.3 is 10.1 Å². The zero-order valence-electron chi connectivity index (χ0n) is 10.9. The molecule has 1 aromatic heterocycles. The van der Waals surface area contributed by atoms with Gasteiger partial charge in [-0.1, -0.05) is 13.0 Å². The summed E-state index contributed by atoms with van der Waals surface area (Å²) in [6, 6.07) is 3.30. The summed E-state index contributed by atoms with van der Waals surface area (Å²) < 4.78 is 18.2. The van der Waals surface area contributed by atoms with E-state index in [0.717, 1.165) is 25.1 Å². The van der Waals surface area contributed by atoms with E-state index in [2.05, 4.69) is 23.8 Å². The van der Waals surface area contributed by atoms with E-state index in [-0.39, 0.29) is 11.9 Å². The van der Waals surface area contributed by atoms with Gasteiger partial charge in [0.25, 0.3) is 0 Å². The molecule has 0 aliphatic rings. The Kier molecular flexibility index (Phi) is 7.22. The quantitative estimate of drug-likeness (QED) is 0.542. The van der Waals surface area contributed by atoms with Crippen LogP contribution >= 0.6 is 0 Å². The molecular weight excluding hydrogens is 231 g/mol. The minimum atomic E-state index is -0.304. The highest BCUT2D eigenvalue weighted by Gasteiger charge is 2.09. The van der Waals surface area contributed by atoms with Crippen molar-refractivity contribution >= 4 is 0 Å². The van der Waals surface area contributed by atoms with Gasteiger partial charge in [0.05, 0.1) is 25.1 Å². The Hall–Kier alpha value is -1.26. The van der Waals surface area contributed by atoms with E-state index in [4.69, 9.17) is 4.74 Å². The predicted molar refractivity (Wildman–Crippen MR) is 70.9 cm³/mol. The summed E-state index contributed by atoms with van der Waals surface area (Å²) in [4.78, 5) is 4.09. The zero-order valence-corrected chi connectivity index (χ0v) is 10.9. The van der Waals surface area contributed by atoms with Crippen molar-refractivity contribution in [2.24, 2.45) is 0 Å². The summed E-state index contributed by atoms with van der Waals surface area (Å²) in [5.41, 5.74) is 0.866. The molecule has 0 saturated carbocycles. The molecule has 18 heavy (non-hydrogen) atoms. The molecule has 1 heterocycles. The number of aromatic nitrogens is 1. The van der Waals surface area contributed by atoms with Crippen LogP contribution in [0, 0.1) is 5.82 Å². The van der Waals surface area contributed by atoms with Crippen LogP contribution in [0.3, 0.4) is 0 Å². The fourth-order valence-corrected chi connectivity index (χ4v) is 1.63. The average molecular weight is 252 g/mol. The Balaban J connectivity index is 2.29. The fourth-order valence-electron chi connectivity index (χ4n) is 1.63. The number of hydrogen-bond donors (Lipinski definition) is 1. The molecule has 1 aromatic rings. The van der Waals surface area contributed by atoms with Crippen molar-refractivity contribution < 1.29 is 9.13 Å². The van der Waals surface area contributed by atoms with Crippen LogP contribution in [0.5, 0.6) is 0 Å². The smallest absolute Gasteiger partial charge is 0.141 e. The molecule has 3 nitrogen and oxygen atoms in total. The van der Waals surface area contributed by atoms with Gasteiger partial charge in [-0.25, -0.2) is 4.39 Å². The van der Waals surface area contributed by atoms with Gasteiger partial charge in [0.2, 0.25) is 0 Å². The number of hydrogen-bond acceptors (Lipinski definition) is 3. The van der Waals surface area contributed by atoms with Crippen LogP contribution < -0.4 is 5.32 Å². The largest absolute Gasteiger partial charge is 0.380 e. The molecule has 0 radical (unpaired) electrons. The highest BCUT2D eigenvalue weighted by atomic mass is 19.1. The molecule has 0 saturated heterocycles. The first-order valence-electron chi connectivity index (χ1n) is 6.31. The van der Waals surface area contributed by atoms with Gasteiger partial charge in [-0.05, 0) is 25.0 Å². The normalized spacial score (nSPS) is 12.3. The van der Waals surface area contributed by atoms with Crippen LogP contribution in [0.15, 0.2) is 31.0 Å². The van der Waals surface area contributed by atoms with Gasteiger partial charge >= 0.3 is 0 Å². The summed E-state index contributed by atoms with van der Waals surface area (Å²) in [6.45, 7) is 7.82. The van der Waals surface area contributed by atoms with Crippen molar-refractivity contribution in [2.75, 3.05) is 19.8 Å². The SMILES string of the molecule is C=CCCOCCNC(CC)c1ccc(F)cn1. The first-order chi connectivity index (χ1) is 8.77. The minimum Gasteiger partial charge on any atom is -0.380 e. The number of rotatable bonds is 9. The fraction of sp³-hybridized carbons (Fsp3) is 0.500. The summed E-state index contributed by atoms with van der Waals surface area (Å²) in [5.74, 6) is -0.304. The summed E-state index contributed by atoms with van der Waals surface area (Å²) in [7, 11) is 0. The van der Waals surface area contributed by atoms with Gasteiger partial charge in [-0.15, -0.1) is 6.58 Å². The Morgan fingerprint density at radius 1 is 1.50 bits per heavy atom. The van der Waals surface area contributed by atoms with E-state index in [1.165, 1.54) is 12.3 Å². The van der Waals surface area contributed by atoms with Crippen LogP contribution in [0.4, 0.5) is 4.39 Å². The van der Waals surface area contributed by atoms with E-state index in [1.807, 2.05) is 6.08 Å². The molecule has 1 N–H and O–H groups in total. The Morgan fingerprint density at radius 2 is 2.33 bits per heavy atom. The monoisotopic (exact) mass is 252 g/mol. The maximum absolute atomic E-state index is 12.8. The van der Waals surface area contributed by atoms with E-state index >= 15 is 0 Å². The molecule has 0 aliphatic carbocycles. The van der Waals surface area contributed by atoms with Gasteiger partial charge in [0.15, 0.2) is 0 Å². The third kappa shape index (κ3) is 5.38. The predicted octanol–water partition coefficient (Wildman–Crippen LogP) is 2.85. The Bertz CT molecular complexity index is 340. The third-order valence-corrected chi connectivity index (χ3v) is 2.62. The van der Waals surface area contributed by atoms with Crippen LogP contribution in [-0.4, -0.2) is 24.7 Å². The lowest BCUT2D eigenvalue weighted by molar-refractivity contribution is 0.138. The first-order valence-corrected chi connectivity index (χ1v) is 6.31. The molecule has 1 unspecified atom stereocenters. The van der Waals surface area contributed by atoms with Gasteiger partial charge in [-0.2, -0.15) is 0 Å². The van der Waals surface area contributed by atoms with Crippen molar-refractivity contribution in [3.8, 4) is 0 Å². The van der Waals surface area contributed by atoms with E-state index in [9.17, 15) is 4.39 Å². The average Bonchev–Trinajstić information content (AvgIpc) is 2.39. The highest BCUT2D eigenvalue weighted by Crippen LogP contribution is 2.13. The molecule has 100 valence electrons. The van der Waals surface area contributed by atoms with Gasteiger partial charge in [0, 0.05) is 12.6 Å². The topological polar surface area (TPSA) is 34.1 Å². The molecule has 0 fully saturated rings. The van der Waals surface area contributed by atoms with Crippen molar-refractivity contribution in [1.29, 1.82) is 0 Å².